The second-order valence-corrected chi connectivity index (χ2v) is 4.86. The van der Waals surface area contributed by atoms with E-state index in [1.54, 1.807) is 4.57 Å². The highest BCUT2D eigenvalue weighted by Crippen LogP contribution is 2.41. The maximum atomic E-state index is 13.4. The van der Waals surface area contributed by atoms with Crippen molar-refractivity contribution in [2.75, 3.05) is 0 Å². The molecule has 1 aromatic heterocycles. The Morgan fingerprint density at radius 3 is 2.80 bits per heavy atom. The highest BCUT2D eigenvalue weighted by Gasteiger charge is 2.32. The molecule has 20 heavy (non-hydrogen) atoms. The average Bonchev–Trinajstić information content (AvgIpc) is 3.17. The summed E-state index contributed by atoms with van der Waals surface area (Å²) in [5.74, 6) is 0.451. The second-order valence-electron chi connectivity index (χ2n) is 4.59. The van der Waals surface area contributed by atoms with Crippen LogP contribution in [0.5, 0.6) is 0 Å². The maximum absolute atomic E-state index is 13.4. The van der Waals surface area contributed by atoms with E-state index in [2.05, 4.69) is 10.2 Å². The molecular formula is C12H10ClFN4O2. The zero-order chi connectivity index (χ0) is 14.3. The molecule has 0 amide bonds. The number of aromatic nitrogens is 3. The van der Waals surface area contributed by atoms with Crippen LogP contribution in [0.3, 0.4) is 0 Å². The fraction of sp³-hybridized carbons (Fsp3) is 0.333. The Morgan fingerprint density at radius 1 is 1.45 bits per heavy atom. The van der Waals surface area contributed by atoms with Gasteiger partial charge in [0.2, 0.25) is 0 Å². The normalized spacial score (nSPS) is 14.5. The lowest BCUT2D eigenvalue weighted by Gasteiger charge is -2.08. The average molecular weight is 297 g/mol. The summed E-state index contributed by atoms with van der Waals surface area (Å²) in [6.45, 7) is 0. The van der Waals surface area contributed by atoms with E-state index in [0.29, 0.717) is 11.6 Å². The zero-order valence-electron chi connectivity index (χ0n) is 10.3. The first-order valence-corrected chi connectivity index (χ1v) is 6.59. The lowest BCUT2D eigenvalue weighted by molar-refractivity contribution is -0.384. The van der Waals surface area contributed by atoms with Crippen LogP contribution in [0.4, 0.5) is 10.1 Å². The molecule has 0 spiro atoms. The van der Waals surface area contributed by atoms with Crippen molar-refractivity contribution < 1.29 is 9.31 Å². The zero-order valence-corrected chi connectivity index (χ0v) is 11.0. The summed E-state index contributed by atoms with van der Waals surface area (Å²) in [5.41, 5.74) is -0.0624. The summed E-state index contributed by atoms with van der Waals surface area (Å²) in [5, 5.41) is 19.0. The third-order valence-corrected chi connectivity index (χ3v) is 3.43. The minimum absolute atomic E-state index is 0.130. The molecule has 3 rings (SSSR count). The molecule has 0 aliphatic heterocycles. The molecule has 0 radical (unpaired) electrons. The van der Waals surface area contributed by atoms with Crippen molar-refractivity contribution in [2.45, 2.75) is 24.8 Å². The second kappa shape index (κ2) is 4.82. The van der Waals surface area contributed by atoms with Gasteiger partial charge in [0.05, 0.1) is 16.4 Å². The van der Waals surface area contributed by atoms with Crippen LogP contribution in [0.2, 0.25) is 0 Å². The molecular weight excluding hydrogens is 287 g/mol. The number of nitrogens with zero attached hydrogens (tertiary/aromatic N) is 4. The molecule has 1 aromatic carbocycles. The number of rotatable bonds is 4. The molecule has 6 nitrogen and oxygen atoms in total. The van der Waals surface area contributed by atoms with Crippen molar-refractivity contribution in [1.82, 2.24) is 14.8 Å². The van der Waals surface area contributed by atoms with Gasteiger partial charge in [-0.15, -0.1) is 21.8 Å². The molecule has 0 N–H and O–H groups in total. The van der Waals surface area contributed by atoms with Crippen LogP contribution in [-0.4, -0.2) is 19.7 Å². The van der Waals surface area contributed by atoms with Crippen molar-refractivity contribution in [1.29, 1.82) is 0 Å². The third-order valence-electron chi connectivity index (χ3n) is 3.19. The van der Waals surface area contributed by atoms with Gasteiger partial charge in [0.15, 0.2) is 5.82 Å². The maximum Gasteiger partial charge on any atom is 0.280 e. The predicted octanol–water partition coefficient (Wildman–Crippen LogP) is 3.07. The minimum Gasteiger partial charge on any atom is -0.307 e. The monoisotopic (exact) mass is 296 g/mol. The van der Waals surface area contributed by atoms with E-state index in [1.165, 1.54) is 0 Å². The Balaban J connectivity index is 2.20. The Morgan fingerprint density at radius 2 is 2.20 bits per heavy atom. The third kappa shape index (κ3) is 2.14. The van der Waals surface area contributed by atoms with Crippen LogP contribution in [0, 0.1) is 15.9 Å². The van der Waals surface area contributed by atoms with Crippen LogP contribution < -0.4 is 0 Å². The SMILES string of the molecule is O=[N+]([O-])c1ccc(F)cc1-c1nnc(CCl)n1C1CC1. The molecule has 8 heteroatoms. The van der Waals surface area contributed by atoms with E-state index in [1.807, 2.05) is 0 Å². The van der Waals surface area contributed by atoms with Crippen molar-refractivity contribution in [3.63, 3.8) is 0 Å². The first kappa shape index (κ1) is 13.0. The Kier molecular flexibility index (Phi) is 3.13. The Hall–Kier alpha value is -2.02. The number of nitro groups is 1. The van der Waals surface area contributed by atoms with E-state index in [9.17, 15) is 14.5 Å². The van der Waals surface area contributed by atoms with Crippen LogP contribution >= 0.6 is 11.6 Å². The van der Waals surface area contributed by atoms with Gasteiger partial charge in [-0.05, 0) is 25.0 Å². The summed E-state index contributed by atoms with van der Waals surface area (Å²) in [6, 6.07) is 3.49. The van der Waals surface area contributed by atoms with Crippen LogP contribution in [0.15, 0.2) is 18.2 Å². The highest BCUT2D eigenvalue weighted by molar-refractivity contribution is 6.16. The van der Waals surface area contributed by atoms with Crippen LogP contribution in [0.1, 0.15) is 24.7 Å². The first-order valence-electron chi connectivity index (χ1n) is 6.06. The van der Waals surface area contributed by atoms with Gasteiger partial charge in [0.25, 0.3) is 5.69 Å². The molecule has 1 fully saturated rings. The first-order chi connectivity index (χ1) is 9.61. The van der Waals surface area contributed by atoms with Crippen molar-refractivity contribution in [3.8, 4) is 11.4 Å². The predicted molar refractivity (Wildman–Crippen MR) is 69.9 cm³/mol. The molecule has 0 unspecified atom stereocenters. The Bertz CT molecular complexity index is 684. The van der Waals surface area contributed by atoms with Gasteiger partial charge in [0, 0.05) is 12.1 Å². The summed E-state index contributed by atoms with van der Waals surface area (Å²) in [6.07, 6.45) is 1.89. The summed E-state index contributed by atoms with van der Waals surface area (Å²) in [4.78, 5) is 10.5. The number of nitro benzene ring substituents is 1. The number of halogens is 2. The number of alkyl halides is 1. The van der Waals surface area contributed by atoms with Crippen molar-refractivity contribution in [2.24, 2.45) is 0 Å². The summed E-state index contributed by atoms with van der Waals surface area (Å²) in [7, 11) is 0. The van der Waals surface area contributed by atoms with Gasteiger partial charge in [-0.2, -0.15) is 0 Å². The lowest BCUT2D eigenvalue weighted by Crippen LogP contribution is -2.03. The largest absolute Gasteiger partial charge is 0.307 e. The number of hydrogen-bond donors (Lipinski definition) is 0. The highest BCUT2D eigenvalue weighted by atomic mass is 35.5. The van der Waals surface area contributed by atoms with E-state index in [0.717, 1.165) is 31.0 Å². The van der Waals surface area contributed by atoms with E-state index in [-0.39, 0.29) is 23.2 Å². The molecule has 1 aliphatic carbocycles. The van der Waals surface area contributed by atoms with Gasteiger partial charge in [-0.25, -0.2) is 4.39 Å². The van der Waals surface area contributed by atoms with Gasteiger partial charge < -0.3 is 4.57 Å². The number of hydrogen-bond acceptors (Lipinski definition) is 4. The van der Waals surface area contributed by atoms with Crippen molar-refractivity contribution >= 4 is 17.3 Å². The number of benzene rings is 1. The smallest absolute Gasteiger partial charge is 0.280 e. The molecule has 0 bridgehead atoms. The van der Waals surface area contributed by atoms with E-state index in [4.69, 9.17) is 11.6 Å². The molecule has 1 aliphatic rings. The molecule has 1 heterocycles. The molecule has 2 aromatic rings. The molecule has 1 saturated carbocycles. The fourth-order valence-electron chi connectivity index (χ4n) is 2.16. The fourth-order valence-corrected chi connectivity index (χ4v) is 2.34. The molecule has 104 valence electrons. The molecule has 0 saturated heterocycles. The summed E-state index contributed by atoms with van der Waals surface area (Å²) >= 11 is 5.81. The lowest BCUT2D eigenvalue weighted by atomic mass is 10.1. The van der Waals surface area contributed by atoms with Crippen molar-refractivity contribution in [3.05, 3.63) is 40.0 Å². The standard InChI is InChI=1S/C12H10ClFN4O2/c13-6-11-15-16-12(17(11)8-2-3-8)9-5-7(14)1-4-10(9)18(19)20/h1,4-5,8H,2-3,6H2. The van der Waals surface area contributed by atoms with Crippen LogP contribution in [-0.2, 0) is 5.88 Å². The van der Waals surface area contributed by atoms with E-state index < -0.39 is 10.7 Å². The van der Waals surface area contributed by atoms with Gasteiger partial charge >= 0.3 is 0 Å². The van der Waals surface area contributed by atoms with Gasteiger partial charge in [0.1, 0.15) is 11.6 Å². The summed E-state index contributed by atoms with van der Waals surface area (Å²) < 4.78 is 15.2. The Labute approximate surface area is 118 Å². The van der Waals surface area contributed by atoms with Crippen LogP contribution in [0.25, 0.3) is 11.4 Å². The minimum atomic E-state index is -0.555. The van der Waals surface area contributed by atoms with Gasteiger partial charge in [-0.1, -0.05) is 0 Å². The van der Waals surface area contributed by atoms with E-state index >= 15 is 0 Å². The quantitative estimate of drug-likeness (QED) is 0.494. The molecule has 0 atom stereocenters. The van der Waals surface area contributed by atoms with Gasteiger partial charge in [-0.3, -0.25) is 10.1 Å². The topological polar surface area (TPSA) is 73.8 Å².